The third-order valence-corrected chi connectivity index (χ3v) is 13.1. The molecule has 0 aromatic heterocycles. The fourth-order valence-electron chi connectivity index (χ4n) is 8.26. The predicted octanol–water partition coefficient (Wildman–Crippen LogP) is 23.0. The highest BCUT2D eigenvalue weighted by molar-refractivity contribution is 5.71. The Balaban J connectivity index is 4.42. The maximum absolute atomic E-state index is 12.9. The molecule has 0 saturated heterocycles. The van der Waals surface area contributed by atoms with Crippen LogP contribution in [-0.4, -0.2) is 37.2 Å². The fourth-order valence-corrected chi connectivity index (χ4v) is 8.26. The van der Waals surface area contributed by atoms with Gasteiger partial charge in [0.25, 0.3) is 0 Å². The maximum atomic E-state index is 12.9. The lowest BCUT2D eigenvalue weighted by Gasteiger charge is -2.18. The minimum atomic E-state index is -0.829. The van der Waals surface area contributed by atoms with Crippen LogP contribution in [-0.2, 0) is 28.6 Å². The van der Waals surface area contributed by atoms with Gasteiger partial charge < -0.3 is 14.2 Å². The Kier molecular flexibility index (Phi) is 64.0. The average Bonchev–Trinajstić information content (AvgIpc) is 3.49. The molecular formula is C77H118O6. The summed E-state index contributed by atoms with van der Waals surface area (Å²) < 4.78 is 16.9. The van der Waals surface area contributed by atoms with Crippen molar-refractivity contribution in [3.8, 4) is 0 Å². The standard InChI is InChI=1S/C77H118O6/c1-4-7-10-13-16-19-22-25-27-29-31-33-34-35-36-37-38-39-40-41-42-44-45-47-49-52-55-58-61-64-67-70-76(79)82-73-74(72-81-75(78)69-66-63-60-57-54-51-24-21-18-15-12-9-6-3)83-77(80)71-68-65-62-59-56-53-50-48-46-43-32-30-28-26-23-20-17-14-11-8-5-2/h7-12,16-21,25-28,31-33,35-36,38-39,41-43,48,50-51,54,56,59,74H,4-6,13-15,22-24,29-30,34,37,40,44-47,49,52-53,55,57-58,60-73H2,1-3H3/b10-7-,11-8-,12-9-,19-16-,20-17-,21-18-,27-25-,28-26-,33-31-,36-35-,39-38-,42-41-,43-32-,50-48-,54-51-,59-56-. The van der Waals surface area contributed by atoms with E-state index in [1.165, 1.54) is 38.5 Å². The molecule has 6 nitrogen and oxygen atoms in total. The van der Waals surface area contributed by atoms with Crippen molar-refractivity contribution in [1.82, 2.24) is 0 Å². The molecule has 1 unspecified atom stereocenters. The van der Waals surface area contributed by atoms with E-state index in [9.17, 15) is 14.4 Å². The van der Waals surface area contributed by atoms with E-state index in [-0.39, 0.29) is 37.5 Å². The number of allylic oxidation sites excluding steroid dienone is 32. The second-order valence-electron chi connectivity index (χ2n) is 20.9. The molecule has 0 aliphatic rings. The second-order valence-corrected chi connectivity index (χ2v) is 20.9. The lowest BCUT2D eigenvalue weighted by atomic mass is 10.1. The van der Waals surface area contributed by atoms with Crippen molar-refractivity contribution >= 4 is 17.9 Å². The first kappa shape index (κ1) is 77.2. The van der Waals surface area contributed by atoms with Gasteiger partial charge in [0.2, 0.25) is 0 Å². The largest absolute Gasteiger partial charge is 0.462 e. The van der Waals surface area contributed by atoms with E-state index in [1.807, 2.05) is 0 Å². The lowest BCUT2D eigenvalue weighted by molar-refractivity contribution is -0.167. The van der Waals surface area contributed by atoms with Crippen molar-refractivity contribution in [2.75, 3.05) is 13.2 Å². The van der Waals surface area contributed by atoms with E-state index in [2.05, 4.69) is 215 Å². The van der Waals surface area contributed by atoms with E-state index >= 15 is 0 Å². The van der Waals surface area contributed by atoms with Crippen molar-refractivity contribution < 1.29 is 28.6 Å². The molecule has 0 aromatic rings. The van der Waals surface area contributed by atoms with Gasteiger partial charge in [-0.1, -0.05) is 267 Å². The van der Waals surface area contributed by atoms with Crippen molar-refractivity contribution in [3.63, 3.8) is 0 Å². The molecule has 0 aromatic carbocycles. The highest BCUT2D eigenvalue weighted by Crippen LogP contribution is 2.14. The smallest absolute Gasteiger partial charge is 0.306 e. The van der Waals surface area contributed by atoms with Gasteiger partial charge in [-0.05, 0) is 161 Å². The first-order chi connectivity index (χ1) is 41.0. The van der Waals surface area contributed by atoms with Crippen LogP contribution in [0.4, 0.5) is 0 Å². The summed E-state index contributed by atoms with van der Waals surface area (Å²) in [6.07, 6.45) is 104. The SMILES string of the molecule is CC/C=C\C/C=C\C/C=C\C/C=C\C/C=C\C/C=C\C/C=C\CCCCCCCCCCCC(=O)OCC(COC(=O)CCCCC/C=C\C/C=C\C/C=C\CC)OC(=O)CCCC/C=C\C/C=C\C/C=C\C/C=C\C/C=C\C/C=C\CC. The van der Waals surface area contributed by atoms with E-state index < -0.39 is 6.10 Å². The lowest BCUT2D eigenvalue weighted by Crippen LogP contribution is -2.30. The Hall–Kier alpha value is -5.75. The number of hydrogen-bond acceptors (Lipinski definition) is 6. The minimum absolute atomic E-state index is 0.118. The molecule has 83 heavy (non-hydrogen) atoms. The van der Waals surface area contributed by atoms with Crippen LogP contribution in [0.1, 0.15) is 252 Å². The van der Waals surface area contributed by atoms with Crippen LogP contribution in [0, 0.1) is 0 Å². The van der Waals surface area contributed by atoms with Crippen LogP contribution in [0.25, 0.3) is 0 Å². The molecule has 0 heterocycles. The Morgan fingerprint density at radius 1 is 0.241 bits per heavy atom. The van der Waals surface area contributed by atoms with E-state index in [0.29, 0.717) is 19.3 Å². The van der Waals surface area contributed by atoms with E-state index in [1.54, 1.807) is 0 Å². The van der Waals surface area contributed by atoms with E-state index in [4.69, 9.17) is 14.2 Å². The Bertz CT molecular complexity index is 1990. The van der Waals surface area contributed by atoms with E-state index in [0.717, 1.165) is 167 Å². The monoisotopic (exact) mass is 1140 g/mol. The van der Waals surface area contributed by atoms with Crippen molar-refractivity contribution in [2.45, 2.75) is 258 Å². The van der Waals surface area contributed by atoms with Gasteiger partial charge in [-0.25, -0.2) is 0 Å². The Morgan fingerprint density at radius 2 is 0.434 bits per heavy atom. The summed E-state index contributed by atoms with van der Waals surface area (Å²) in [4.78, 5) is 38.3. The van der Waals surface area contributed by atoms with Gasteiger partial charge in [0.15, 0.2) is 6.10 Å². The fraction of sp³-hybridized carbons (Fsp3) is 0.545. The summed E-state index contributed by atoms with van der Waals surface area (Å²) in [6, 6.07) is 0. The summed E-state index contributed by atoms with van der Waals surface area (Å²) >= 11 is 0. The van der Waals surface area contributed by atoms with Crippen LogP contribution in [0.15, 0.2) is 194 Å². The molecule has 0 radical (unpaired) electrons. The number of hydrogen-bond donors (Lipinski definition) is 0. The van der Waals surface area contributed by atoms with Gasteiger partial charge in [-0.15, -0.1) is 0 Å². The van der Waals surface area contributed by atoms with Gasteiger partial charge in [-0.2, -0.15) is 0 Å². The van der Waals surface area contributed by atoms with Crippen LogP contribution in [0.5, 0.6) is 0 Å². The molecule has 0 spiro atoms. The third kappa shape index (κ3) is 66.9. The number of rotatable bonds is 57. The quantitative estimate of drug-likeness (QED) is 0.0261. The molecule has 0 aliphatic heterocycles. The molecule has 1 atom stereocenters. The Morgan fingerprint density at radius 3 is 0.711 bits per heavy atom. The summed E-state index contributed by atoms with van der Waals surface area (Å²) in [5, 5.41) is 0. The molecule has 0 bridgehead atoms. The number of carbonyl (C=O) groups excluding carboxylic acids is 3. The molecule has 6 heteroatoms. The number of carbonyl (C=O) groups is 3. The zero-order valence-corrected chi connectivity index (χ0v) is 52.9. The summed E-state index contributed by atoms with van der Waals surface area (Å²) in [5.74, 6) is -1.01. The molecule has 0 rings (SSSR count). The van der Waals surface area contributed by atoms with Crippen molar-refractivity contribution in [1.29, 1.82) is 0 Å². The topological polar surface area (TPSA) is 78.9 Å². The zero-order chi connectivity index (χ0) is 59.9. The molecular weight excluding hydrogens is 1020 g/mol. The van der Waals surface area contributed by atoms with Gasteiger partial charge in [0, 0.05) is 19.3 Å². The summed E-state index contributed by atoms with van der Waals surface area (Å²) in [6.45, 7) is 6.22. The summed E-state index contributed by atoms with van der Waals surface area (Å²) in [5.41, 5.74) is 0. The van der Waals surface area contributed by atoms with Crippen LogP contribution < -0.4 is 0 Å². The van der Waals surface area contributed by atoms with Gasteiger partial charge in [0.1, 0.15) is 13.2 Å². The minimum Gasteiger partial charge on any atom is -0.462 e. The van der Waals surface area contributed by atoms with Gasteiger partial charge >= 0.3 is 17.9 Å². The second kappa shape index (κ2) is 68.7. The molecule has 0 saturated carbocycles. The average molecular weight is 1140 g/mol. The zero-order valence-electron chi connectivity index (χ0n) is 52.9. The number of ether oxygens (including phenoxy) is 3. The molecule has 0 aliphatic carbocycles. The molecule has 0 amide bonds. The third-order valence-electron chi connectivity index (χ3n) is 13.1. The van der Waals surface area contributed by atoms with Crippen molar-refractivity contribution in [3.05, 3.63) is 194 Å². The maximum Gasteiger partial charge on any atom is 0.306 e. The van der Waals surface area contributed by atoms with Crippen LogP contribution in [0.3, 0.4) is 0 Å². The Labute approximate surface area is 509 Å². The van der Waals surface area contributed by atoms with Crippen LogP contribution >= 0.6 is 0 Å². The molecule has 0 N–H and O–H groups in total. The van der Waals surface area contributed by atoms with Gasteiger partial charge in [0.05, 0.1) is 0 Å². The van der Waals surface area contributed by atoms with Crippen LogP contribution in [0.2, 0.25) is 0 Å². The predicted molar refractivity (Wildman–Crippen MR) is 361 cm³/mol. The van der Waals surface area contributed by atoms with Crippen molar-refractivity contribution in [2.24, 2.45) is 0 Å². The highest BCUT2D eigenvalue weighted by atomic mass is 16.6. The normalized spacial score (nSPS) is 13.4. The molecule has 462 valence electrons. The number of esters is 3. The molecule has 0 fully saturated rings. The summed E-state index contributed by atoms with van der Waals surface area (Å²) in [7, 11) is 0. The first-order valence-electron chi connectivity index (χ1n) is 32.9. The number of unbranched alkanes of at least 4 members (excludes halogenated alkanes) is 14. The first-order valence-corrected chi connectivity index (χ1v) is 32.9. The highest BCUT2D eigenvalue weighted by Gasteiger charge is 2.19. The van der Waals surface area contributed by atoms with Gasteiger partial charge in [-0.3, -0.25) is 14.4 Å².